The van der Waals surface area contributed by atoms with Gasteiger partial charge in [0.2, 0.25) is 0 Å². The molecule has 0 spiro atoms. The summed E-state index contributed by atoms with van der Waals surface area (Å²) in [6.45, 7) is 1.11. The molecule has 0 saturated heterocycles. The Morgan fingerprint density at radius 2 is 2.16 bits per heavy atom. The Hall–Kier alpha value is -2.86. The number of hydroxylamine groups is 1. The maximum atomic E-state index is 13.9. The van der Waals surface area contributed by atoms with Crippen LogP contribution in [0.5, 0.6) is 0 Å². The number of aromatic nitrogens is 1. The number of nitrogens with zero attached hydrogens (tertiary/aromatic N) is 2. The molecule has 0 bridgehead atoms. The molecule has 31 heavy (non-hydrogen) atoms. The third kappa shape index (κ3) is 4.30. The van der Waals surface area contributed by atoms with E-state index in [4.69, 9.17) is 10.3 Å². The van der Waals surface area contributed by atoms with Gasteiger partial charge in [-0.2, -0.15) is 0 Å². The Balaban J connectivity index is 1.65. The molecular weight excluding hydrogens is 429 g/mol. The van der Waals surface area contributed by atoms with E-state index in [0.717, 1.165) is 6.26 Å². The lowest BCUT2D eigenvalue weighted by Crippen LogP contribution is -2.50. The average molecular weight is 451 g/mol. The van der Waals surface area contributed by atoms with Crippen LogP contribution in [0, 0.1) is 29.6 Å². The van der Waals surface area contributed by atoms with Gasteiger partial charge in [0.15, 0.2) is 20.3 Å². The van der Waals surface area contributed by atoms with Crippen molar-refractivity contribution in [1.82, 2.24) is 14.9 Å². The number of aliphatic hydroxyl groups is 1. The van der Waals surface area contributed by atoms with E-state index in [2.05, 4.69) is 23.7 Å². The number of rotatable bonds is 6. The Bertz CT molecular complexity index is 1150. The summed E-state index contributed by atoms with van der Waals surface area (Å²) in [5.41, 5.74) is 0.840. The van der Waals surface area contributed by atoms with Crippen LogP contribution in [-0.2, 0) is 21.2 Å². The van der Waals surface area contributed by atoms with Crippen molar-refractivity contribution in [3.05, 3.63) is 23.5 Å². The topological polar surface area (TPSA) is 129 Å². The minimum Gasteiger partial charge on any atom is -0.396 e. The fourth-order valence-corrected chi connectivity index (χ4v) is 4.15. The monoisotopic (exact) mass is 451 g/mol. The minimum absolute atomic E-state index is 0.0192. The highest BCUT2D eigenvalue weighted by Gasteiger charge is 2.54. The van der Waals surface area contributed by atoms with Crippen molar-refractivity contribution in [1.29, 1.82) is 0 Å². The van der Waals surface area contributed by atoms with Gasteiger partial charge < -0.3 is 10.0 Å². The van der Waals surface area contributed by atoms with Crippen LogP contribution in [-0.4, -0.2) is 70.0 Å². The van der Waals surface area contributed by atoms with Crippen LogP contribution in [0.25, 0.3) is 0 Å². The minimum atomic E-state index is -3.86. The lowest BCUT2D eigenvalue weighted by atomic mass is 10.1. The molecule has 0 radical (unpaired) electrons. The van der Waals surface area contributed by atoms with Crippen LogP contribution in [0.4, 0.5) is 9.18 Å². The average Bonchev–Trinajstić information content (AvgIpc) is 3.05. The van der Waals surface area contributed by atoms with Crippen molar-refractivity contribution in [3.8, 4) is 23.7 Å². The highest BCUT2D eigenvalue weighted by molar-refractivity contribution is 7.92. The summed E-state index contributed by atoms with van der Waals surface area (Å²) in [6, 6.07) is 1.27. The third-order valence-corrected chi connectivity index (χ3v) is 7.80. The first kappa shape index (κ1) is 22.8. The number of carbonyl (C=O) groups is 2. The van der Waals surface area contributed by atoms with Gasteiger partial charge in [-0.1, -0.05) is 5.92 Å². The quantitative estimate of drug-likeness (QED) is 0.318. The standard InChI is InChI=1S/C20H22FN3O6S/c1-19(17(26)22-28,31(2,29)30)7-8-23-12-16-9-14(11-24(16)18(23)27)5-3-4-6-20(21)10-15(20)13-25/h9,11,15,25,28H,7-8,10,12-13H2,1-2H3,(H,22,26)/t15-,19?,20-/m0/s1. The van der Waals surface area contributed by atoms with Gasteiger partial charge in [0, 0.05) is 42.6 Å². The van der Waals surface area contributed by atoms with E-state index < -0.39 is 38.1 Å². The van der Waals surface area contributed by atoms with Crippen LogP contribution in [0.15, 0.2) is 12.3 Å². The smallest absolute Gasteiger partial charge is 0.328 e. The number of carbonyl (C=O) groups excluding carboxylic acids is 2. The van der Waals surface area contributed by atoms with Crippen LogP contribution >= 0.6 is 0 Å². The Morgan fingerprint density at radius 1 is 1.45 bits per heavy atom. The maximum absolute atomic E-state index is 13.9. The maximum Gasteiger partial charge on any atom is 0.328 e. The molecule has 1 fully saturated rings. The van der Waals surface area contributed by atoms with E-state index >= 15 is 0 Å². The predicted molar refractivity (Wildman–Crippen MR) is 107 cm³/mol. The van der Waals surface area contributed by atoms with Gasteiger partial charge in [0.05, 0.1) is 13.2 Å². The summed E-state index contributed by atoms with van der Waals surface area (Å²) < 4.78 is 37.4. The highest BCUT2D eigenvalue weighted by atomic mass is 32.2. The third-order valence-electron chi connectivity index (χ3n) is 5.78. The fourth-order valence-electron chi connectivity index (χ4n) is 3.30. The fraction of sp³-hybridized carbons (Fsp3) is 0.500. The van der Waals surface area contributed by atoms with E-state index in [1.54, 1.807) is 6.07 Å². The van der Waals surface area contributed by atoms with Crippen LogP contribution < -0.4 is 5.48 Å². The molecule has 11 heteroatoms. The van der Waals surface area contributed by atoms with Crippen LogP contribution in [0.2, 0.25) is 0 Å². The summed E-state index contributed by atoms with van der Waals surface area (Å²) >= 11 is 0. The van der Waals surface area contributed by atoms with E-state index in [1.165, 1.54) is 28.1 Å². The normalized spacial score (nSPS) is 23.7. The molecule has 1 aromatic heterocycles. The number of halogens is 1. The van der Waals surface area contributed by atoms with E-state index in [-0.39, 0.29) is 32.5 Å². The molecule has 3 atom stereocenters. The van der Waals surface area contributed by atoms with Gasteiger partial charge in [-0.25, -0.2) is 23.1 Å². The second-order valence-electron chi connectivity index (χ2n) is 7.93. The van der Waals surface area contributed by atoms with Crippen LogP contribution in [0.1, 0.15) is 31.0 Å². The molecule has 2 aliphatic rings. The molecule has 166 valence electrons. The van der Waals surface area contributed by atoms with Crippen molar-refractivity contribution in [2.45, 2.75) is 36.7 Å². The van der Waals surface area contributed by atoms with E-state index in [9.17, 15) is 22.4 Å². The van der Waals surface area contributed by atoms with Gasteiger partial charge >= 0.3 is 6.03 Å². The zero-order chi connectivity index (χ0) is 23.0. The zero-order valence-corrected chi connectivity index (χ0v) is 17.8. The summed E-state index contributed by atoms with van der Waals surface area (Å²) in [5, 5.41) is 17.8. The van der Waals surface area contributed by atoms with Crippen molar-refractivity contribution in [3.63, 3.8) is 0 Å². The first-order valence-electron chi connectivity index (χ1n) is 9.43. The highest BCUT2D eigenvalue weighted by Crippen LogP contribution is 2.46. The van der Waals surface area contributed by atoms with Crippen molar-refractivity contribution in [2.24, 2.45) is 5.92 Å². The molecule has 1 unspecified atom stereocenters. The molecule has 3 N–H and O–H groups in total. The zero-order valence-electron chi connectivity index (χ0n) is 17.0. The lowest BCUT2D eigenvalue weighted by Gasteiger charge is -2.27. The number of amides is 2. The molecule has 1 aliphatic carbocycles. The second-order valence-corrected chi connectivity index (χ2v) is 10.4. The number of fused-ring (bicyclic) bond motifs is 1. The Morgan fingerprint density at radius 3 is 2.71 bits per heavy atom. The number of hydrogen-bond donors (Lipinski definition) is 3. The SMILES string of the molecule is CC(CCN1Cc2cc(C#CC#C[C@]3(F)C[C@H]3CO)cn2C1=O)(C(=O)NO)S(C)(=O)=O. The Labute approximate surface area is 179 Å². The molecule has 3 rings (SSSR count). The second kappa shape index (κ2) is 8.00. The Kier molecular flexibility index (Phi) is 5.89. The van der Waals surface area contributed by atoms with E-state index in [0.29, 0.717) is 11.3 Å². The van der Waals surface area contributed by atoms with Gasteiger partial charge in [-0.15, -0.1) is 0 Å². The van der Waals surface area contributed by atoms with Crippen molar-refractivity contribution in [2.75, 3.05) is 19.4 Å². The van der Waals surface area contributed by atoms with Gasteiger partial charge in [0.1, 0.15) is 0 Å². The number of nitrogens with one attached hydrogen (secondary N) is 1. The molecule has 1 saturated carbocycles. The first-order valence-corrected chi connectivity index (χ1v) is 11.3. The summed E-state index contributed by atoms with van der Waals surface area (Å²) in [6.07, 6.45) is 2.39. The molecule has 1 aliphatic heterocycles. The number of sulfone groups is 1. The van der Waals surface area contributed by atoms with Crippen LogP contribution in [0.3, 0.4) is 0 Å². The molecule has 2 heterocycles. The van der Waals surface area contributed by atoms with Gasteiger partial charge in [0.25, 0.3) is 5.91 Å². The van der Waals surface area contributed by atoms with Crippen molar-refractivity contribution >= 4 is 21.8 Å². The number of hydrogen-bond acceptors (Lipinski definition) is 6. The molecule has 0 aromatic carbocycles. The molecule has 2 amide bonds. The van der Waals surface area contributed by atoms with E-state index in [1.807, 2.05) is 0 Å². The number of aliphatic hydroxyl groups excluding tert-OH is 1. The largest absolute Gasteiger partial charge is 0.396 e. The molecule has 1 aromatic rings. The summed E-state index contributed by atoms with van der Waals surface area (Å²) in [5.74, 6) is 8.57. The van der Waals surface area contributed by atoms with Gasteiger partial charge in [-0.3, -0.25) is 14.6 Å². The summed E-state index contributed by atoms with van der Waals surface area (Å²) in [7, 11) is -3.86. The van der Waals surface area contributed by atoms with Crippen molar-refractivity contribution < 1.29 is 32.7 Å². The van der Waals surface area contributed by atoms with Gasteiger partial charge in [-0.05, 0) is 37.2 Å². The molecule has 9 nitrogen and oxygen atoms in total. The summed E-state index contributed by atoms with van der Waals surface area (Å²) in [4.78, 5) is 25.9. The first-order chi connectivity index (χ1) is 14.4. The predicted octanol–water partition coefficient (Wildman–Crippen LogP) is 0.0460. The molecular formula is C20H22FN3O6S. The number of alkyl halides is 1. The lowest BCUT2D eigenvalue weighted by molar-refractivity contribution is -0.131.